The van der Waals surface area contributed by atoms with Crippen LogP contribution in [0.2, 0.25) is 0 Å². The first kappa shape index (κ1) is 12.8. The average molecular weight is 330 g/mol. The van der Waals surface area contributed by atoms with Gasteiger partial charge in [-0.1, -0.05) is 40.2 Å². The van der Waals surface area contributed by atoms with Crippen LogP contribution < -0.4 is 5.32 Å². The van der Waals surface area contributed by atoms with Crippen molar-refractivity contribution in [2.45, 2.75) is 6.54 Å². The summed E-state index contributed by atoms with van der Waals surface area (Å²) in [7, 11) is 0. The SMILES string of the molecule is Brc1cccc(CNc2ccccc2-n2cnnn2)c1. The zero-order valence-electron chi connectivity index (χ0n) is 10.6. The molecule has 0 aliphatic heterocycles. The van der Waals surface area contributed by atoms with Gasteiger partial charge in [-0.15, -0.1) is 5.10 Å². The lowest BCUT2D eigenvalue weighted by molar-refractivity contribution is 0.789. The smallest absolute Gasteiger partial charge is 0.143 e. The van der Waals surface area contributed by atoms with Gasteiger partial charge < -0.3 is 5.32 Å². The second kappa shape index (κ2) is 5.83. The van der Waals surface area contributed by atoms with Gasteiger partial charge in [0.2, 0.25) is 0 Å². The van der Waals surface area contributed by atoms with Gasteiger partial charge in [0.15, 0.2) is 0 Å². The third kappa shape index (κ3) is 2.85. The second-order valence-corrected chi connectivity index (χ2v) is 5.17. The van der Waals surface area contributed by atoms with Crippen LogP contribution in [0.5, 0.6) is 0 Å². The van der Waals surface area contributed by atoms with Gasteiger partial charge in [-0.2, -0.15) is 4.68 Å². The Hall–Kier alpha value is -2.21. The minimum atomic E-state index is 0.735. The van der Waals surface area contributed by atoms with Crippen LogP contribution in [0.25, 0.3) is 5.69 Å². The number of rotatable bonds is 4. The van der Waals surface area contributed by atoms with Crippen LogP contribution in [-0.4, -0.2) is 20.2 Å². The highest BCUT2D eigenvalue weighted by Crippen LogP contribution is 2.20. The Labute approximate surface area is 124 Å². The van der Waals surface area contributed by atoms with E-state index in [9.17, 15) is 0 Å². The fourth-order valence-corrected chi connectivity index (χ4v) is 2.39. The van der Waals surface area contributed by atoms with Crippen molar-refractivity contribution in [2.24, 2.45) is 0 Å². The molecule has 0 bridgehead atoms. The molecular weight excluding hydrogens is 318 g/mol. The molecule has 0 unspecified atom stereocenters. The summed E-state index contributed by atoms with van der Waals surface area (Å²) < 4.78 is 2.72. The normalized spacial score (nSPS) is 10.4. The number of para-hydroxylation sites is 2. The van der Waals surface area contributed by atoms with E-state index >= 15 is 0 Å². The zero-order chi connectivity index (χ0) is 13.8. The number of nitrogens with zero attached hydrogens (tertiary/aromatic N) is 4. The highest BCUT2D eigenvalue weighted by Gasteiger charge is 2.04. The lowest BCUT2D eigenvalue weighted by Crippen LogP contribution is -2.05. The molecule has 100 valence electrons. The minimum Gasteiger partial charge on any atom is -0.379 e. The van der Waals surface area contributed by atoms with E-state index in [1.54, 1.807) is 11.0 Å². The number of anilines is 1. The molecule has 0 amide bonds. The van der Waals surface area contributed by atoms with E-state index in [-0.39, 0.29) is 0 Å². The summed E-state index contributed by atoms with van der Waals surface area (Å²) in [5.41, 5.74) is 3.11. The predicted molar refractivity (Wildman–Crippen MR) is 80.6 cm³/mol. The Morgan fingerprint density at radius 1 is 1.10 bits per heavy atom. The summed E-state index contributed by atoms with van der Waals surface area (Å²) in [5, 5.41) is 14.7. The van der Waals surface area contributed by atoms with Crippen LogP contribution in [0.3, 0.4) is 0 Å². The third-order valence-corrected chi connectivity index (χ3v) is 3.37. The molecule has 0 aliphatic carbocycles. The summed E-state index contributed by atoms with van der Waals surface area (Å²) in [5.74, 6) is 0. The molecule has 0 saturated heterocycles. The molecule has 20 heavy (non-hydrogen) atoms. The van der Waals surface area contributed by atoms with Crippen molar-refractivity contribution in [2.75, 3.05) is 5.32 Å². The maximum absolute atomic E-state index is 3.92. The third-order valence-electron chi connectivity index (χ3n) is 2.87. The maximum Gasteiger partial charge on any atom is 0.143 e. The van der Waals surface area contributed by atoms with E-state index in [2.05, 4.69) is 48.9 Å². The van der Waals surface area contributed by atoms with Gasteiger partial charge >= 0.3 is 0 Å². The van der Waals surface area contributed by atoms with E-state index in [4.69, 9.17) is 0 Å². The Morgan fingerprint density at radius 2 is 2.00 bits per heavy atom. The molecule has 0 radical (unpaired) electrons. The number of hydrogen-bond acceptors (Lipinski definition) is 4. The lowest BCUT2D eigenvalue weighted by Gasteiger charge is -2.11. The molecule has 2 aromatic carbocycles. The standard InChI is InChI=1S/C14H12BrN5/c15-12-5-3-4-11(8-12)9-16-13-6-1-2-7-14(13)20-10-17-18-19-20/h1-8,10,16H,9H2. The fourth-order valence-electron chi connectivity index (χ4n) is 1.94. The first-order valence-electron chi connectivity index (χ1n) is 6.13. The Bertz CT molecular complexity index is 696. The summed E-state index contributed by atoms with van der Waals surface area (Å²) >= 11 is 3.48. The van der Waals surface area contributed by atoms with Crippen molar-refractivity contribution >= 4 is 21.6 Å². The molecule has 0 saturated carbocycles. The first-order valence-corrected chi connectivity index (χ1v) is 6.93. The lowest BCUT2D eigenvalue weighted by atomic mass is 10.2. The van der Waals surface area contributed by atoms with Gasteiger partial charge in [-0.25, -0.2) is 0 Å². The van der Waals surface area contributed by atoms with Crippen molar-refractivity contribution < 1.29 is 0 Å². The minimum absolute atomic E-state index is 0.735. The highest BCUT2D eigenvalue weighted by molar-refractivity contribution is 9.10. The van der Waals surface area contributed by atoms with Gasteiger partial charge in [0.1, 0.15) is 6.33 Å². The second-order valence-electron chi connectivity index (χ2n) is 4.26. The summed E-state index contributed by atoms with van der Waals surface area (Å²) in [4.78, 5) is 0. The molecule has 1 aromatic heterocycles. The number of hydrogen-bond donors (Lipinski definition) is 1. The molecule has 0 aliphatic rings. The Kier molecular flexibility index (Phi) is 3.73. The van der Waals surface area contributed by atoms with Crippen LogP contribution in [0, 0.1) is 0 Å². The highest BCUT2D eigenvalue weighted by atomic mass is 79.9. The number of aromatic nitrogens is 4. The van der Waals surface area contributed by atoms with E-state index in [0.717, 1.165) is 22.4 Å². The quantitative estimate of drug-likeness (QED) is 0.799. The molecule has 0 fully saturated rings. The fraction of sp³-hybridized carbons (Fsp3) is 0.0714. The van der Waals surface area contributed by atoms with E-state index in [1.165, 1.54) is 5.56 Å². The van der Waals surface area contributed by atoms with Crippen LogP contribution in [0.15, 0.2) is 59.3 Å². The molecule has 3 aromatic rings. The Balaban J connectivity index is 1.81. The maximum atomic E-state index is 3.92. The van der Waals surface area contributed by atoms with E-state index in [1.807, 2.05) is 36.4 Å². The summed E-state index contributed by atoms with van der Waals surface area (Å²) in [6, 6.07) is 16.1. The van der Waals surface area contributed by atoms with Crippen LogP contribution in [0.1, 0.15) is 5.56 Å². The Morgan fingerprint density at radius 3 is 2.80 bits per heavy atom. The summed E-state index contributed by atoms with van der Waals surface area (Å²) in [6.45, 7) is 0.735. The van der Waals surface area contributed by atoms with Gasteiger partial charge in [-0.3, -0.25) is 0 Å². The molecule has 5 nitrogen and oxygen atoms in total. The first-order chi connectivity index (χ1) is 9.83. The average Bonchev–Trinajstić information content (AvgIpc) is 3.00. The number of tetrazole rings is 1. The van der Waals surface area contributed by atoms with Crippen LogP contribution >= 0.6 is 15.9 Å². The topological polar surface area (TPSA) is 55.6 Å². The van der Waals surface area contributed by atoms with Crippen LogP contribution in [-0.2, 0) is 6.54 Å². The van der Waals surface area contributed by atoms with Gasteiger partial charge in [-0.05, 0) is 40.3 Å². The number of nitrogens with one attached hydrogen (secondary N) is 1. The predicted octanol–water partition coefficient (Wildman–Crippen LogP) is 3.04. The molecule has 1 heterocycles. The van der Waals surface area contributed by atoms with Crippen molar-refractivity contribution in [3.63, 3.8) is 0 Å². The number of halogens is 1. The van der Waals surface area contributed by atoms with Gasteiger partial charge in [0.25, 0.3) is 0 Å². The molecule has 6 heteroatoms. The zero-order valence-corrected chi connectivity index (χ0v) is 12.2. The largest absolute Gasteiger partial charge is 0.379 e. The molecule has 0 atom stereocenters. The molecular formula is C14H12BrN5. The summed E-state index contributed by atoms with van der Waals surface area (Å²) in [6.07, 6.45) is 1.58. The van der Waals surface area contributed by atoms with Gasteiger partial charge in [0.05, 0.1) is 11.4 Å². The van der Waals surface area contributed by atoms with Crippen molar-refractivity contribution in [3.8, 4) is 5.69 Å². The molecule has 1 N–H and O–H groups in total. The molecule has 0 spiro atoms. The number of benzene rings is 2. The van der Waals surface area contributed by atoms with Gasteiger partial charge in [0, 0.05) is 11.0 Å². The monoisotopic (exact) mass is 329 g/mol. The van der Waals surface area contributed by atoms with E-state index in [0.29, 0.717) is 0 Å². The van der Waals surface area contributed by atoms with E-state index < -0.39 is 0 Å². The van der Waals surface area contributed by atoms with Crippen molar-refractivity contribution in [1.82, 2.24) is 20.2 Å². The van der Waals surface area contributed by atoms with Crippen molar-refractivity contribution in [3.05, 3.63) is 64.9 Å². The molecule has 3 rings (SSSR count). The van der Waals surface area contributed by atoms with Crippen molar-refractivity contribution in [1.29, 1.82) is 0 Å². The van der Waals surface area contributed by atoms with Crippen LogP contribution in [0.4, 0.5) is 5.69 Å².